The number of nitrogens with zero attached hydrogens (tertiary/aromatic N) is 1. The first-order valence-electron chi connectivity index (χ1n) is 6.48. The largest absolute Gasteiger partial charge is 0.462 e. The molecule has 0 saturated carbocycles. The summed E-state index contributed by atoms with van der Waals surface area (Å²) in [4.78, 5) is 29.2. The van der Waals surface area contributed by atoms with E-state index in [0.29, 0.717) is 33.6 Å². The van der Waals surface area contributed by atoms with Gasteiger partial charge in [-0.1, -0.05) is 0 Å². The number of aryl methyl sites for hydroxylation is 2. The summed E-state index contributed by atoms with van der Waals surface area (Å²) in [7, 11) is 0. The first-order valence-corrected chi connectivity index (χ1v) is 8.18. The van der Waals surface area contributed by atoms with Crippen LogP contribution in [0.1, 0.15) is 42.5 Å². The van der Waals surface area contributed by atoms with Crippen LogP contribution >= 0.6 is 22.7 Å². The zero-order valence-corrected chi connectivity index (χ0v) is 13.7. The number of aromatic nitrogens is 1. The van der Waals surface area contributed by atoms with E-state index in [1.165, 1.54) is 22.7 Å². The Balaban J connectivity index is 2.01. The van der Waals surface area contributed by atoms with E-state index >= 15 is 0 Å². The number of rotatable bonds is 5. The minimum absolute atomic E-state index is 0.118. The highest BCUT2D eigenvalue weighted by molar-refractivity contribution is 7.13. The molecule has 0 spiro atoms. The average Bonchev–Trinajstić information content (AvgIpc) is 3.02. The number of ether oxygens (including phenoxy) is 1. The molecule has 5 nitrogen and oxygen atoms in total. The molecule has 1 N–H and O–H groups in total. The van der Waals surface area contributed by atoms with Crippen LogP contribution in [0.25, 0.3) is 0 Å². The molecule has 0 aromatic carbocycles. The Morgan fingerprint density at radius 2 is 2.10 bits per heavy atom. The lowest BCUT2D eigenvalue weighted by atomic mass is 10.3. The van der Waals surface area contributed by atoms with E-state index < -0.39 is 0 Å². The maximum atomic E-state index is 12.0. The highest BCUT2D eigenvalue weighted by Gasteiger charge is 2.17. The van der Waals surface area contributed by atoms with Gasteiger partial charge in [0.25, 0.3) is 5.91 Å². The number of thiophene rings is 1. The summed E-state index contributed by atoms with van der Waals surface area (Å²) in [5.74, 6) is -0.479. The van der Waals surface area contributed by atoms with Crippen LogP contribution in [0.5, 0.6) is 0 Å². The number of thiazole rings is 1. The van der Waals surface area contributed by atoms with Crippen molar-refractivity contribution < 1.29 is 14.3 Å². The molecular weight excluding hydrogens is 308 g/mol. The summed E-state index contributed by atoms with van der Waals surface area (Å²) < 4.78 is 4.97. The maximum Gasteiger partial charge on any atom is 0.350 e. The molecule has 0 aliphatic carbocycles. The zero-order valence-electron chi connectivity index (χ0n) is 12.1. The van der Waals surface area contributed by atoms with Crippen LogP contribution in [-0.4, -0.2) is 23.5 Å². The standard InChI is InChI=1S/C14H16N2O3S2/c1-4-19-14(18)12-9(3)16-10(21-12)7-15-13(17)11-8(2)5-6-20-11/h5-6H,4,7H2,1-3H3,(H,15,17). The van der Waals surface area contributed by atoms with Crippen LogP contribution in [-0.2, 0) is 11.3 Å². The Morgan fingerprint density at radius 3 is 2.71 bits per heavy atom. The van der Waals surface area contributed by atoms with Gasteiger partial charge in [0.1, 0.15) is 9.88 Å². The fourth-order valence-electron chi connectivity index (χ4n) is 1.76. The molecule has 0 aliphatic rings. The second-order valence-corrected chi connectivity index (χ2v) is 6.36. The summed E-state index contributed by atoms with van der Waals surface area (Å²) >= 11 is 2.66. The van der Waals surface area contributed by atoms with Crippen LogP contribution in [0, 0.1) is 13.8 Å². The van der Waals surface area contributed by atoms with Gasteiger partial charge in [0.2, 0.25) is 0 Å². The Morgan fingerprint density at radius 1 is 1.33 bits per heavy atom. The second-order valence-electron chi connectivity index (χ2n) is 4.36. The Kier molecular flexibility index (Phi) is 5.08. The first kappa shape index (κ1) is 15.7. The number of amides is 1. The average molecular weight is 324 g/mol. The summed E-state index contributed by atoms with van der Waals surface area (Å²) in [6.07, 6.45) is 0. The fourth-order valence-corrected chi connectivity index (χ4v) is 3.49. The Bertz CT molecular complexity index is 661. The van der Waals surface area contributed by atoms with Crippen molar-refractivity contribution in [3.05, 3.63) is 37.5 Å². The molecule has 0 radical (unpaired) electrons. The molecule has 0 atom stereocenters. The minimum Gasteiger partial charge on any atom is -0.462 e. The molecule has 2 aromatic heterocycles. The molecule has 0 saturated heterocycles. The van der Waals surface area contributed by atoms with Gasteiger partial charge in [0.15, 0.2) is 0 Å². The Hall–Kier alpha value is -1.73. The van der Waals surface area contributed by atoms with Crippen molar-refractivity contribution in [2.24, 2.45) is 0 Å². The number of carbonyl (C=O) groups is 2. The third-order valence-corrected chi connectivity index (χ3v) is 4.92. The highest BCUT2D eigenvalue weighted by atomic mass is 32.1. The molecule has 2 aromatic rings. The van der Waals surface area contributed by atoms with Crippen molar-refractivity contribution in [2.75, 3.05) is 6.61 Å². The van der Waals surface area contributed by atoms with Gasteiger partial charge >= 0.3 is 5.97 Å². The van der Waals surface area contributed by atoms with Crippen molar-refractivity contribution in [1.82, 2.24) is 10.3 Å². The van der Waals surface area contributed by atoms with E-state index in [4.69, 9.17) is 4.74 Å². The quantitative estimate of drug-likeness (QED) is 0.859. The summed E-state index contributed by atoms with van der Waals surface area (Å²) in [6.45, 7) is 6.06. The van der Waals surface area contributed by atoms with E-state index in [1.807, 2.05) is 18.4 Å². The molecule has 0 aliphatic heterocycles. The number of hydrogen-bond acceptors (Lipinski definition) is 6. The number of carbonyl (C=O) groups excluding carboxylic acids is 2. The van der Waals surface area contributed by atoms with Crippen LogP contribution in [0.4, 0.5) is 0 Å². The minimum atomic E-state index is -0.362. The van der Waals surface area contributed by atoms with E-state index in [2.05, 4.69) is 10.3 Å². The smallest absolute Gasteiger partial charge is 0.350 e. The maximum absolute atomic E-state index is 12.0. The van der Waals surface area contributed by atoms with Crippen molar-refractivity contribution in [1.29, 1.82) is 0 Å². The highest BCUT2D eigenvalue weighted by Crippen LogP contribution is 2.20. The molecule has 0 unspecified atom stereocenters. The van der Waals surface area contributed by atoms with Gasteiger partial charge in [0.05, 0.1) is 23.7 Å². The van der Waals surface area contributed by atoms with Gasteiger partial charge in [-0.3, -0.25) is 4.79 Å². The van der Waals surface area contributed by atoms with Crippen molar-refractivity contribution >= 4 is 34.6 Å². The van der Waals surface area contributed by atoms with Gasteiger partial charge in [-0.2, -0.15) is 0 Å². The number of hydrogen-bond donors (Lipinski definition) is 1. The number of esters is 1. The topological polar surface area (TPSA) is 68.3 Å². The van der Waals surface area contributed by atoms with Crippen molar-refractivity contribution in [3.63, 3.8) is 0 Å². The summed E-state index contributed by atoms with van der Waals surface area (Å²) in [5, 5.41) is 5.40. The van der Waals surface area contributed by atoms with Gasteiger partial charge in [-0.25, -0.2) is 9.78 Å². The monoisotopic (exact) mass is 324 g/mol. The lowest BCUT2D eigenvalue weighted by molar-refractivity contribution is 0.0531. The molecule has 112 valence electrons. The molecular formula is C14H16N2O3S2. The van der Waals surface area contributed by atoms with E-state index in [9.17, 15) is 9.59 Å². The van der Waals surface area contributed by atoms with Crippen LogP contribution in [0.2, 0.25) is 0 Å². The molecule has 1 amide bonds. The lowest BCUT2D eigenvalue weighted by Gasteiger charge is -2.01. The molecule has 2 heterocycles. The first-order chi connectivity index (χ1) is 10.0. The van der Waals surface area contributed by atoms with Crippen LogP contribution in [0.3, 0.4) is 0 Å². The third-order valence-electron chi connectivity index (χ3n) is 2.77. The predicted molar refractivity (Wildman–Crippen MR) is 83.0 cm³/mol. The van der Waals surface area contributed by atoms with Crippen molar-refractivity contribution in [3.8, 4) is 0 Å². The van der Waals surface area contributed by atoms with Crippen LogP contribution < -0.4 is 5.32 Å². The molecule has 0 fully saturated rings. The lowest BCUT2D eigenvalue weighted by Crippen LogP contribution is -2.22. The zero-order chi connectivity index (χ0) is 15.4. The van der Waals surface area contributed by atoms with Gasteiger partial charge < -0.3 is 10.1 Å². The second kappa shape index (κ2) is 6.82. The summed E-state index contributed by atoms with van der Waals surface area (Å²) in [5.41, 5.74) is 1.59. The molecule has 7 heteroatoms. The molecule has 2 rings (SSSR count). The normalized spacial score (nSPS) is 10.4. The van der Waals surface area contributed by atoms with E-state index in [1.54, 1.807) is 13.8 Å². The van der Waals surface area contributed by atoms with E-state index in [0.717, 1.165) is 5.56 Å². The summed E-state index contributed by atoms with van der Waals surface area (Å²) in [6, 6.07) is 1.91. The molecule has 0 bridgehead atoms. The number of nitrogens with one attached hydrogen (secondary N) is 1. The SMILES string of the molecule is CCOC(=O)c1sc(CNC(=O)c2sccc2C)nc1C. The van der Waals surface area contributed by atoms with Gasteiger partial charge in [0, 0.05) is 0 Å². The van der Waals surface area contributed by atoms with Crippen molar-refractivity contribution in [2.45, 2.75) is 27.3 Å². The third kappa shape index (κ3) is 3.68. The molecule has 21 heavy (non-hydrogen) atoms. The Labute approximate surface area is 131 Å². The fraction of sp³-hybridized carbons (Fsp3) is 0.357. The van der Waals surface area contributed by atoms with Gasteiger partial charge in [-0.15, -0.1) is 22.7 Å². The van der Waals surface area contributed by atoms with Crippen LogP contribution in [0.15, 0.2) is 11.4 Å². The predicted octanol–water partition coefficient (Wildman–Crippen LogP) is 2.93. The van der Waals surface area contributed by atoms with Gasteiger partial charge in [-0.05, 0) is 37.8 Å². The van der Waals surface area contributed by atoms with E-state index in [-0.39, 0.29) is 11.9 Å².